The van der Waals surface area contributed by atoms with Crippen LogP contribution in [0.3, 0.4) is 0 Å². The smallest absolute Gasteiger partial charge is 0.238 e. The van der Waals surface area contributed by atoms with Crippen LogP contribution < -0.4 is 4.90 Å². The Morgan fingerprint density at radius 3 is 2.00 bits per heavy atom. The molecule has 120 valence electrons. The molecule has 0 radical (unpaired) electrons. The maximum Gasteiger partial charge on any atom is 0.238 e. The molecule has 5 nitrogen and oxygen atoms in total. The van der Waals surface area contributed by atoms with Crippen molar-refractivity contribution in [2.75, 3.05) is 10.7 Å². The first-order valence-corrected chi connectivity index (χ1v) is 9.48. The van der Waals surface area contributed by atoms with Crippen molar-refractivity contribution in [3.05, 3.63) is 36.4 Å². The van der Waals surface area contributed by atoms with Crippen LogP contribution in [0.2, 0.25) is 0 Å². The molecule has 1 aromatic carbocycles. The standard InChI is InChI=1S/C17H17NO4S/c1-2-23(21,22)13-7-5-12(6-8-13)18-16(19)14-10-3-4-11(9-10)15(14)17(18)20/h3-8,10-11,14-15H,2,9H2,1H3. The number of benzene rings is 1. The van der Waals surface area contributed by atoms with Gasteiger partial charge >= 0.3 is 0 Å². The van der Waals surface area contributed by atoms with E-state index in [1.807, 2.05) is 0 Å². The van der Waals surface area contributed by atoms with Crippen LogP contribution in [0.25, 0.3) is 0 Å². The Hall–Kier alpha value is -1.95. The molecule has 1 saturated carbocycles. The summed E-state index contributed by atoms with van der Waals surface area (Å²) in [5, 5.41) is 0. The number of allylic oxidation sites excluding steroid dienone is 2. The molecule has 0 aromatic heterocycles. The van der Waals surface area contributed by atoms with Crippen LogP contribution in [0.15, 0.2) is 41.3 Å². The molecule has 1 aromatic rings. The maximum absolute atomic E-state index is 12.7. The molecule has 0 spiro atoms. The van der Waals surface area contributed by atoms with Crippen LogP contribution in [0.1, 0.15) is 13.3 Å². The van der Waals surface area contributed by atoms with Gasteiger partial charge in [0.15, 0.2) is 9.84 Å². The monoisotopic (exact) mass is 331 g/mol. The first-order chi connectivity index (χ1) is 10.9. The van der Waals surface area contributed by atoms with Gasteiger partial charge in [0.25, 0.3) is 0 Å². The number of imide groups is 1. The van der Waals surface area contributed by atoms with Gasteiger partial charge < -0.3 is 0 Å². The molecule has 2 amide bonds. The lowest BCUT2D eigenvalue weighted by Crippen LogP contribution is -2.32. The van der Waals surface area contributed by atoms with E-state index in [-0.39, 0.29) is 46.1 Å². The molecule has 1 aliphatic heterocycles. The summed E-state index contributed by atoms with van der Waals surface area (Å²) in [4.78, 5) is 26.8. The topological polar surface area (TPSA) is 71.5 Å². The van der Waals surface area contributed by atoms with E-state index in [9.17, 15) is 18.0 Å². The fourth-order valence-corrected chi connectivity index (χ4v) is 5.01. The summed E-state index contributed by atoms with van der Waals surface area (Å²) >= 11 is 0. The van der Waals surface area contributed by atoms with Crippen molar-refractivity contribution in [3.63, 3.8) is 0 Å². The molecule has 1 heterocycles. The zero-order valence-electron chi connectivity index (χ0n) is 12.7. The second-order valence-corrected chi connectivity index (χ2v) is 8.69. The minimum absolute atomic E-state index is 0.0209. The first-order valence-electron chi connectivity index (χ1n) is 7.83. The number of nitrogens with zero attached hydrogens (tertiary/aromatic N) is 1. The average molecular weight is 331 g/mol. The van der Waals surface area contributed by atoms with E-state index in [2.05, 4.69) is 12.2 Å². The van der Waals surface area contributed by atoms with Gasteiger partial charge in [0.05, 0.1) is 28.2 Å². The lowest BCUT2D eigenvalue weighted by Gasteiger charge is -2.17. The number of carbonyl (C=O) groups is 2. The summed E-state index contributed by atoms with van der Waals surface area (Å²) in [6, 6.07) is 6.04. The van der Waals surface area contributed by atoms with Crippen molar-refractivity contribution >= 4 is 27.3 Å². The third-order valence-electron chi connectivity index (χ3n) is 5.30. The van der Waals surface area contributed by atoms with Crippen LogP contribution >= 0.6 is 0 Å². The number of hydrogen-bond acceptors (Lipinski definition) is 4. The van der Waals surface area contributed by atoms with Gasteiger partial charge in [-0.2, -0.15) is 0 Å². The van der Waals surface area contributed by atoms with Crippen molar-refractivity contribution < 1.29 is 18.0 Å². The van der Waals surface area contributed by atoms with E-state index in [1.54, 1.807) is 19.1 Å². The minimum atomic E-state index is -3.29. The Kier molecular flexibility index (Phi) is 3.04. The number of sulfone groups is 1. The predicted octanol–water partition coefficient (Wildman–Crippen LogP) is 1.79. The second kappa shape index (κ2) is 4.77. The third-order valence-corrected chi connectivity index (χ3v) is 7.05. The van der Waals surface area contributed by atoms with Gasteiger partial charge in [0.2, 0.25) is 11.8 Å². The van der Waals surface area contributed by atoms with E-state index in [4.69, 9.17) is 0 Å². The number of hydrogen-bond donors (Lipinski definition) is 0. The lowest BCUT2D eigenvalue weighted by atomic mass is 9.85. The normalized spacial score (nSPS) is 32.0. The van der Waals surface area contributed by atoms with Crippen molar-refractivity contribution in [2.45, 2.75) is 18.2 Å². The van der Waals surface area contributed by atoms with Crippen LogP contribution in [0.5, 0.6) is 0 Å². The molecule has 1 saturated heterocycles. The highest BCUT2D eigenvalue weighted by molar-refractivity contribution is 7.91. The Morgan fingerprint density at radius 1 is 1.00 bits per heavy atom. The average Bonchev–Trinajstić information content (AvgIpc) is 3.22. The fraction of sp³-hybridized carbons (Fsp3) is 0.412. The van der Waals surface area contributed by atoms with Crippen LogP contribution in [-0.2, 0) is 19.4 Å². The van der Waals surface area contributed by atoms with E-state index in [1.165, 1.54) is 17.0 Å². The molecule has 4 rings (SSSR count). The molecule has 2 aliphatic carbocycles. The second-order valence-electron chi connectivity index (χ2n) is 6.41. The Morgan fingerprint density at radius 2 is 1.52 bits per heavy atom. The highest BCUT2D eigenvalue weighted by Gasteiger charge is 2.59. The molecule has 23 heavy (non-hydrogen) atoms. The summed E-state index contributed by atoms with van der Waals surface area (Å²) in [7, 11) is -3.29. The van der Waals surface area contributed by atoms with E-state index in [0.717, 1.165) is 6.42 Å². The van der Waals surface area contributed by atoms with Crippen molar-refractivity contribution in [3.8, 4) is 0 Å². The highest BCUT2D eigenvalue weighted by Crippen LogP contribution is 2.53. The summed E-state index contributed by atoms with van der Waals surface area (Å²) in [5.74, 6) is -0.413. The fourth-order valence-electron chi connectivity index (χ4n) is 4.13. The van der Waals surface area contributed by atoms with Gasteiger partial charge in [-0.05, 0) is 42.5 Å². The molecule has 3 aliphatic rings. The van der Waals surface area contributed by atoms with E-state index in [0.29, 0.717) is 5.69 Å². The Bertz CT molecular complexity index is 795. The van der Waals surface area contributed by atoms with Gasteiger partial charge in [0.1, 0.15) is 0 Å². The predicted molar refractivity (Wildman–Crippen MR) is 84.4 cm³/mol. The number of rotatable bonds is 3. The number of amides is 2. The molecule has 2 bridgehead atoms. The molecule has 4 unspecified atom stereocenters. The van der Waals surface area contributed by atoms with Crippen molar-refractivity contribution in [1.29, 1.82) is 0 Å². The minimum Gasteiger partial charge on any atom is -0.274 e. The SMILES string of the molecule is CCS(=O)(=O)c1ccc(N2C(=O)C3C4C=CC(C4)C3C2=O)cc1. The number of anilines is 1. The summed E-state index contributed by atoms with van der Waals surface area (Å²) in [5.41, 5.74) is 0.462. The summed E-state index contributed by atoms with van der Waals surface area (Å²) < 4.78 is 23.7. The van der Waals surface area contributed by atoms with Gasteiger partial charge in [-0.15, -0.1) is 0 Å². The van der Waals surface area contributed by atoms with E-state index < -0.39 is 9.84 Å². The zero-order chi connectivity index (χ0) is 16.4. The third kappa shape index (κ3) is 1.94. The molecule has 4 atom stereocenters. The summed E-state index contributed by atoms with van der Waals surface area (Å²) in [6.45, 7) is 1.58. The number of fused-ring (bicyclic) bond motifs is 5. The van der Waals surface area contributed by atoms with Gasteiger partial charge in [0, 0.05) is 0 Å². The lowest BCUT2D eigenvalue weighted by molar-refractivity contribution is -0.123. The van der Waals surface area contributed by atoms with Gasteiger partial charge in [-0.25, -0.2) is 8.42 Å². The Labute approximate surface area is 134 Å². The van der Waals surface area contributed by atoms with Crippen molar-refractivity contribution in [1.82, 2.24) is 0 Å². The molecular weight excluding hydrogens is 314 g/mol. The number of carbonyl (C=O) groups excluding carboxylic acids is 2. The highest BCUT2D eigenvalue weighted by atomic mass is 32.2. The zero-order valence-corrected chi connectivity index (χ0v) is 13.5. The maximum atomic E-state index is 12.7. The van der Waals surface area contributed by atoms with Gasteiger partial charge in [-0.1, -0.05) is 19.1 Å². The van der Waals surface area contributed by atoms with Crippen molar-refractivity contribution in [2.24, 2.45) is 23.7 Å². The molecule has 2 fully saturated rings. The molecule has 6 heteroatoms. The molecular formula is C17H17NO4S. The van der Waals surface area contributed by atoms with Gasteiger partial charge in [-0.3, -0.25) is 14.5 Å². The van der Waals surface area contributed by atoms with E-state index >= 15 is 0 Å². The van der Waals surface area contributed by atoms with Crippen LogP contribution in [0, 0.1) is 23.7 Å². The van der Waals surface area contributed by atoms with Crippen LogP contribution in [-0.4, -0.2) is 26.0 Å². The van der Waals surface area contributed by atoms with Crippen LogP contribution in [0.4, 0.5) is 5.69 Å². The summed E-state index contributed by atoms with van der Waals surface area (Å²) in [6.07, 6.45) is 5.00. The quantitative estimate of drug-likeness (QED) is 0.625. The Balaban J connectivity index is 1.67. The molecule has 0 N–H and O–H groups in total. The largest absolute Gasteiger partial charge is 0.274 e. The first kappa shape index (κ1) is 14.6.